The van der Waals surface area contributed by atoms with Crippen LogP contribution in [0.3, 0.4) is 0 Å². The number of fused-ring (bicyclic) bond motifs is 1. The first-order valence-electron chi connectivity index (χ1n) is 12.4. The van der Waals surface area contributed by atoms with Crippen LogP contribution >= 0.6 is 22.9 Å². The van der Waals surface area contributed by atoms with E-state index in [2.05, 4.69) is 35.2 Å². The minimum Gasteiger partial charge on any atom is -0.368 e. The number of aromatic nitrogens is 6. The third-order valence-corrected chi connectivity index (χ3v) is 8.33. The number of rotatable bonds is 5. The second-order valence-corrected chi connectivity index (χ2v) is 10.7. The van der Waals surface area contributed by atoms with Gasteiger partial charge in [0.1, 0.15) is 5.82 Å². The van der Waals surface area contributed by atoms with Crippen molar-refractivity contribution < 1.29 is 0 Å². The van der Waals surface area contributed by atoms with Gasteiger partial charge in [0.05, 0.1) is 22.1 Å². The van der Waals surface area contributed by atoms with Crippen LogP contribution in [0.15, 0.2) is 23.7 Å². The molecule has 12 heteroatoms. The summed E-state index contributed by atoms with van der Waals surface area (Å²) in [7, 11) is 0. The molecule has 4 aromatic rings. The summed E-state index contributed by atoms with van der Waals surface area (Å²) >= 11 is 7.69. The molecule has 0 spiro atoms. The number of nitrogen functional groups attached to an aromatic ring is 1. The van der Waals surface area contributed by atoms with E-state index in [9.17, 15) is 0 Å². The molecule has 188 valence electrons. The van der Waals surface area contributed by atoms with Crippen molar-refractivity contribution in [3.8, 4) is 5.82 Å². The van der Waals surface area contributed by atoms with Gasteiger partial charge in [-0.25, -0.2) is 9.97 Å². The van der Waals surface area contributed by atoms with Gasteiger partial charge in [-0.3, -0.25) is 0 Å². The van der Waals surface area contributed by atoms with Crippen LogP contribution in [0.1, 0.15) is 37.7 Å². The van der Waals surface area contributed by atoms with Crippen LogP contribution in [0.5, 0.6) is 0 Å². The van der Waals surface area contributed by atoms with Crippen molar-refractivity contribution in [2.24, 2.45) is 0 Å². The quantitative estimate of drug-likeness (QED) is 0.366. The molecule has 2 aliphatic rings. The Hall–Kier alpha value is -3.02. The van der Waals surface area contributed by atoms with Gasteiger partial charge in [-0.15, -0.1) is 16.4 Å². The van der Waals surface area contributed by atoms with Crippen LogP contribution in [0.2, 0.25) is 5.28 Å². The highest BCUT2D eigenvalue weighted by Crippen LogP contribution is 2.31. The molecule has 0 atom stereocenters. The maximum atomic E-state index is 6.19. The van der Waals surface area contributed by atoms with Crippen molar-refractivity contribution in [1.29, 1.82) is 0 Å². The van der Waals surface area contributed by atoms with Crippen molar-refractivity contribution >= 4 is 56.6 Å². The fourth-order valence-electron chi connectivity index (χ4n) is 5.19. The molecular formula is C24H29ClN10S. The van der Waals surface area contributed by atoms with Crippen molar-refractivity contribution in [2.45, 2.75) is 45.1 Å². The Morgan fingerprint density at radius 1 is 1.06 bits per heavy atom. The molecule has 4 aromatic heterocycles. The molecule has 0 bridgehead atoms. The van der Waals surface area contributed by atoms with E-state index in [0.717, 1.165) is 46.4 Å². The minimum absolute atomic E-state index is 0.142. The van der Waals surface area contributed by atoms with E-state index >= 15 is 0 Å². The van der Waals surface area contributed by atoms with Crippen LogP contribution < -0.4 is 16.0 Å². The molecule has 10 nitrogen and oxygen atoms in total. The van der Waals surface area contributed by atoms with Crippen LogP contribution in [0.4, 0.5) is 23.4 Å². The predicted molar refractivity (Wildman–Crippen MR) is 145 cm³/mol. The summed E-state index contributed by atoms with van der Waals surface area (Å²) in [6.45, 7) is 6.60. The molecule has 2 aliphatic heterocycles. The smallest absolute Gasteiger partial charge is 0.248 e. The zero-order chi connectivity index (χ0) is 24.6. The Kier molecular flexibility index (Phi) is 6.36. The van der Waals surface area contributed by atoms with Crippen molar-refractivity contribution in [2.75, 3.05) is 42.1 Å². The van der Waals surface area contributed by atoms with Crippen molar-refractivity contribution in [3.05, 3.63) is 34.6 Å². The summed E-state index contributed by atoms with van der Waals surface area (Å²) < 4.78 is 2.35. The lowest BCUT2D eigenvalue weighted by atomic mass is 10.00. The lowest BCUT2D eigenvalue weighted by molar-refractivity contribution is 0.141. The van der Waals surface area contributed by atoms with Gasteiger partial charge < -0.3 is 20.9 Å². The van der Waals surface area contributed by atoms with E-state index in [-0.39, 0.29) is 11.2 Å². The zero-order valence-electron chi connectivity index (χ0n) is 20.2. The van der Waals surface area contributed by atoms with Gasteiger partial charge in [-0.05, 0) is 80.4 Å². The Morgan fingerprint density at radius 3 is 2.61 bits per heavy atom. The van der Waals surface area contributed by atoms with Crippen LogP contribution in [-0.2, 0) is 0 Å². The van der Waals surface area contributed by atoms with Gasteiger partial charge in [0.25, 0.3) is 0 Å². The van der Waals surface area contributed by atoms with Crippen LogP contribution in [-0.4, -0.2) is 66.8 Å². The number of thiophene rings is 1. The van der Waals surface area contributed by atoms with E-state index in [0.29, 0.717) is 11.8 Å². The molecule has 0 amide bonds. The third kappa shape index (κ3) is 4.58. The Labute approximate surface area is 218 Å². The molecule has 36 heavy (non-hydrogen) atoms. The monoisotopic (exact) mass is 524 g/mol. The molecule has 0 saturated carbocycles. The fourth-order valence-corrected chi connectivity index (χ4v) is 6.31. The van der Waals surface area contributed by atoms with E-state index in [1.165, 1.54) is 61.2 Å². The van der Waals surface area contributed by atoms with Gasteiger partial charge in [-0.2, -0.15) is 14.6 Å². The number of hydrogen-bond donors (Lipinski definition) is 2. The molecule has 0 radical (unpaired) electrons. The summed E-state index contributed by atoms with van der Waals surface area (Å²) in [5.74, 6) is 2.09. The molecule has 2 fully saturated rings. The summed E-state index contributed by atoms with van der Waals surface area (Å²) in [5, 5.41) is 9.87. The molecular weight excluding hydrogens is 496 g/mol. The highest BCUT2D eigenvalue weighted by Gasteiger charge is 2.26. The number of hydrogen-bond acceptors (Lipinski definition) is 10. The molecule has 3 N–H and O–H groups in total. The van der Waals surface area contributed by atoms with E-state index in [1.54, 1.807) is 0 Å². The Morgan fingerprint density at radius 2 is 1.86 bits per heavy atom. The van der Waals surface area contributed by atoms with Gasteiger partial charge in [-0.1, -0.05) is 6.42 Å². The second kappa shape index (κ2) is 9.79. The topological polar surface area (TPSA) is 114 Å². The first-order valence-corrected chi connectivity index (χ1v) is 13.7. The first kappa shape index (κ1) is 23.4. The molecule has 6 rings (SSSR count). The normalized spacial score (nSPS) is 17.7. The molecule has 0 unspecified atom stereocenters. The van der Waals surface area contributed by atoms with E-state index in [4.69, 9.17) is 22.3 Å². The van der Waals surface area contributed by atoms with Gasteiger partial charge >= 0.3 is 0 Å². The number of likely N-dealkylation sites (tertiary alicyclic amines) is 1. The first-order chi connectivity index (χ1) is 17.5. The van der Waals surface area contributed by atoms with Crippen LogP contribution in [0.25, 0.3) is 16.0 Å². The Bertz CT molecular complexity index is 1350. The molecule has 0 aromatic carbocycles. The summed E-state index contributed by atoms with van der Waals surface area (Å²) in [6.07, 6.45) is 8.29. The number of piperidine rings is 2. The summed E-state index contributed by atoms with van der Waals surface area (Å²) in [6, 6.07) is 4.77. The van der Waals surface area contributed by atoms with E-state index in [1.807, 2.05) is 30.6 Å². The number of nitrogens with two attached hydrogens (primary N) is 1. The predicted octanol–water partition coefficient (Wildman–Crippen LogP) is 4.41. The SMILES string of the molecule is Cc1csc2c(-n3nc(Nc4ccc(N5CCC(N6CCCCC6)CC5)nc4)nc3N)nc(Cl)nc12. The molecule has 0 aliphatic carbocycles. The standard InChI is InChI=1S/C24H29ClN10S/c1-15-14-36-20-19(15)29-22(25)30-21(20)35-23(26)31-24(32-35)28-16-5-6-18(27-13-16)34-11-7-17(8-12-34)33-9-3-2-4-10-33/h5-6,13-14,17H,2-4,7-12H2,1H3,(H3,26,28,31,32). The number of halogens is 1. The number of nitrogens with zero attached hydrogens (tertiary/aromatic N) is 8. The number of pyridine rings is 1. The van der Waals surface area contributed by atoms with E-state index < -0.39 is 0 Å². The number of aryl methyl sites for hydroxylation is 1. The number of nitrogens with one attached hydrogen (secondary N) is 1. The lowest BCUT2D eigenvalue weighted by Crippen LogP contribution is -2.46. The molecule has 6 heterocycles. The van der Waals surface area contributed by atoms with Crippen LogP contribution in [0, 0.1) is 6.92 Å². The van der Waals surface area contributed by atoms with Gasteiger partial charge in [0.15, 0.2) is 5.82 Å². The molecule has 2 saturated heterocycles. The lowest BCUT2D eigenvalue weighted by Gasteiger charge is -2.40. The maximum absolute atomic E-state index is 6.19. The zero-order valence-corrected chi connectivity index (χ0v) is 21.8. The number of anilines is 4. The largest absolute Gasteiger partial charge is 0.368 e. The van der Waals surface area contributed by atoms with Crippen molar-refractivity contribution in [3.63, 3.8) is 0 Å². The van der Waals surface area contributed by atoms with Crippen molar-refractivity contribution in [1.82, 2.24) is 34.6 Å². The maximum Gasteiger partial charge on any atom is 0.248 e. The highest BCUT2D eigenvalue weighted by molar-refractivity contribution is 7.17. The average Bonchev–Trinajstić information content (AvgIpc) is 3.46. The minimum atomic E-state index is 0.142. The second-order valence-electron chi connectivity index (χ2n) is 9.46. The third-order valence-electron chi connectivity index (χ3n) is 7.08. The summed E-state index contributed by atoms with van der Waals surface area (Å²) in [5.41, 5.74) is 8.79. The summed E-state index contributed by atoms with van der Waals surface area (Å²) in [4.78, 5) is 22.8. The van der Waals surface area contributed by atoms with Gasteiger partial charge in [0, 0.05) is 19.1 Å². The average molecular weight is 525 g/mol. The fraction of sp³-hybridized carbons (Fsp3) is 0.458. The highest BCUT2D eigenvalue weighted by atomic mass is 35.5. The Balaban J connectivity index is 1.13. The van der Waals surface area contributed by atoms with Gasteiger partial charge in [0.2, 0.25) is 17.2 Å².